The zero-order chi connectivity index (χ0) is 36.8. The highest BCUT2D eigenvalue weighted by Gasteiger charge is 2.66. The number of halogens is 1. The van der Waals surface area contributed by atoms with Crippen LogP contribution in [0.5, 0.6) is 5.75 Å². The maximum Gasteiger partial charge on any atom is 0.269 e. The number of amides is 3. The van der Waals surface area contributed by atoms with Gasteiger partial charge in [-0.3, -0.25) is 19.3 Å². The Morgan fingerprint density at radius 3 is 2.38 bits per heavy atom. The molecule has 4 atom stereocenters. The van der Waals surface area contributed by atoms with Crippen molar-refractivity contribution in [2.24, 2.45) is 5.92 Å². The summed E-state index contributed by atoms with van der Waals surface area (Å²) in [5.74, 6) is -0.552. The molecule has 3 aliphatic rings. The molecule has 3 heterocycles. The normalized spacial score (nSPS) is 22.4. The van der Waals surface area contributed by atoms with Gasteiger partial charge in [0.05, 0.1) is 37.1 Å². The minimum absolute atomic E-state index is 0.0609. The van der Waals surface area contributed by atoms with Gasteiger partial charge in [0, 0.05) is 40.8 Å². The second-order valence-electron chi connectivity index (χ2n) is 14.3. The van der Waals surface area contributed by atoms with Crippen molar-refractivity contribution >= 4 is 54.7 Å². The molecule has 12 heteroatoms. The number of carbonyl (C=O) groups is 3. The van der Waals surface area contributed by atoms with Gasteiger partial charge in [-0.1, -0.05) is 73.1 Å². The number of para-hydroxylation sites is 2. The first-order valence-electron chi connectivity index (χ1n) is 17.5. The molecule has 52 heavy (non-hydrogen) atoms. The molecule has 0 aromatic heterocycles. The maximum atomic E-state index is 14.9. The quantitative estimate of drug-likeness (QED) is 0.187. The largest absolute Gasteiger partial charge is 0.482 e. The molecule has 0 saturated carbocycles. The fourth-order valence-corrected chi connectivity index (χ4v) is 11.0. The van der Waals surface area contributed by atoms with E-state index >= 15 is 0 Å². The summed E-state index contributed by atoms with van der Waals surface area (Å²) in [7, 11) is -3.04. The summed E-state index contributed by atoms with van der Waals surface area (Å²) in [6, 6.07) is 29.7. The number of anilines is 3. The van der Waals surface area contributed by atoms with E-state index in [-0.39, 0.29) is 50.4 Å². The van der Waals surface area contributed by atoms with Crippen molar-refractivity contribution < 1.29 is 33.8 Å². The molecule has 1 fully saturated rings. The Kier molecular flexibility index (Phi) is 9.74. The number of aliphatic hydroxyl groups excluding tert-OH is 1. The summed E-state index contributed by atoms with van der Waals surface area (Å²) >= 11 is 6.58. The lowest BCUT2D eigenvalue weighted by Gasteiger charge is -2.32. The van der Waals surface area contributed by atoms with Crippen molar-refractivity contribution in [1.29, 1.82) is 0 Å². The van der Waals surface area contributed by atoms with Crippen molar-refractivity contribution in [2.45, 2.75) is 56.8 Å². The average molecular weight is 740 g/mol. The van der Waals surface area contributed by atoms with Crippen LogP contribution in [0, 0.1) is 5.92 Å². The number of ether oxygens (including phenoxy) is 2. The second-order valence-corrected chi connectivity index (χ2v) is 18.7. The third-order valence-electron chi connectivity index (χ3n) is 10.5. The Morgan fingerprint density at radius 2 is 1.67 bits per heavy atom. The van der Waals surface area contributed by atoms with Crippen LogP contribution in [-0.2, 0) is 37.8 Å². The van der Waals surface area contributed by atoms with Gasteiger partial charge in [0.25, 0.3) is 11.8 Å². The zero-order valence-electron chi connectivity index (χ0n) is 29.4. The number of rotatable bonds is 10. The monoisotopic (exact) mass is 739 g/mol. The number of hydrogen-bond acceptors (Lipinski definition) is 7. The first-order chi connectivity index (χ1) is 24.9. The minimum Gasteiger partial charge on any atom is -0.482 e. The fraction of sp³-hybridized carbons (Fsp3) is 0.325. The molecule has 0 unspecified atom stereocenters. The molecule has 0 aliphatic carbocycles. The van der Waals surface area contributed by atoms with E-state index < -0.39 is 31.5 Å². The van der Waals surface area contributed by atoms with Crippen LogP contribution in [-0.4, -0.2) is 66.7 Å². The molecular weight excluding hydrogens is 698 g/mol. The Morgan fingerprint density at radius 1 is 0.962 bits per heavy atom. The predicted octanol–water partition coefficient (Wildman–Crippen LogP) is 6.15. The second kappa shape index (κ2) is 14.1. The van der Waals surface area contributed by atoms with Gasteiger partial charge in [-0.2, -0.15) is 0 Å². The molecule has 1 saturated heterocycles. The van der Waals surface area contributed by atoms with Crippen molar-refractivity contribution in [2.75, 3.05) is 29.6 Å². The molecule has 0 bridgehead atoms. The smallest absolute Gasteiger partial charge is 0.269 e. The van der Waals surface area contributed by atoms with Gasteiger partial charge in [-0.05, 0) is 66.7 Å². The summed E-state index contributed by atoms with van der Waals surface area (Å²) in [5, 5.41) is 10.3. The van der Waals surface area contributed by atoms with Gasteiger partial charge < -0.3 is 29.2 Å². The Bertz CT molecular complexity index is 1990. The van der Waals surface area contributed by atoms with Gasteiger partial charge in [0.15, 0.2) is 20.5 Å². The number of fused-ring (bicyclic) bond motifs is 3. The average Bonchev–Trinajstić information content (AvgIpc) is 3.54. The molecule has 2 N–H and O–H groups in total. The molecular formula is C40H42ClN3O7Si. The van der Waals surface area contributed by atoms with Gasteiger partial charge in [0.1, 0.15) is 5.75 Å². The SMILES string of the molecule is C[C@@H]1[C@@H]([Si](C)(C)O)[C@H](CC(=O)N(CCO)Cc2ccccc2)O[C@@]12C(=O)N(Cc1ccc(N3C(=O)COc4ccccc43)cc1)c1ccc(Cl)cc12. The van der Waals surface area contributed by atoms with Gasteiger partial charge in [-0.25, -0.2) is 0 Å². The van der Waals surface area contributed by atoms with Gasteiger partial charge >= 0.3 is 0 Å². The van der Waals surface area contributed by atoms with Crippen LogP contribution in [0.1, 0.15) is 30.0 Å². The van der Waals surface area contributed by atoms with E-state index in [1.165, 1.54) is 0 Å². The fourth-order valence-electron chi connectivity index (χ4n) is 8.24. The van der Waals surface area contributed by atoms with Crippen molar-refractivity contribution in [3.8, 4) is 5.75 Å². The minimum atomic E-state index is -3.04. The van der Waals surface area contributed by atoms with E-state index in [1.807, 2.05) is 105 Å². The lowest BCUT2D eigenvalue weighted by atomic mass is 9.82. The zero-order valence-corrected chi connectivity index (χ0v) is 31.1. The Labute approximate surface area is 309 Å². The van der Waals surface area contributed by atoms with E-state index in [0.29, 0.717) is 39.9 Å². The molecule has 0 radical (unpaired) electrons. The van der Waals surface area contributed by atoms with E-state index in [1.54, 1.807) is 26.8 Å². The molecule has 270 valence electrons. The lowest BCUT2D eigenvalue weighted by molar-refractivity contribution is -0.150. The summed E-state index contributed by atoms with van der Waals surface area (Å²) in [6.07, 6.45) is -0.815. The first-order valence-corrected chi connectivity index (χ1v) is 20.9. The van der Waals surface area contributed by atoms with Gasteiger partial charge in [-0.15, -0.1) is 0 Å². The van der Waals surface area contributed by atoms with Crippen LogP contribution in [0.3, 0.4) is 0 Å². The Hall–Kier alpha value is -4.52. The van der Waals surface area contributed by atoms with E-state index in [2.05, 4.69) is 0 Å². The van der Waals surface area contributed by atoms with Gasteiger partial charge in [0.2, 0.25) is 5.91 Å². The predicted molar refractivity (Wildman–Crippen MR) is 201 cm³/mol. The molecule has 4 aromatic carbocycles. The highest BCUT2D eigenvalue weighted by molar-refractivity contribution is 6.71. The number of benzene rings is 4. The lowest BCUT2D eigenvalue weighted by Crippen LogP contribution is -2.46. The third kappa shape index (κ3) is 6.41. The van der Waals surface area contributed by atoms with Crippen molar-refractivity contribution in [3.63, 3.8) is 0 Å². The third-order valence-corrected chi connectivity index (χ3v) is 13.2. The van der Waals surface area contributed by atoms with Crippen LogP contribution >= 0.6 is 11.6 Å². The summed E-state index contributed by atoms with van der Waals surface area (Å²) in [5.41, 5.74) is 2.42. The number of hydrogen-bond donors (Lipinski definition) is 2. The van der Waals surface area contributed by atoms with Crippen molar-refractivity contribution in [1.82, 2.24) is 4.90 Å². The molecule has 7 rings (SSSR count). The topological polar surface area (TPSA) is 120 Å². The van der Waals surface area contributed by atoms with Crippen LogP contribution < -0.4 is 14.5 Å². The van der Waals surface area contributed by atoms with Crippen LogP contribution in [0.15, 0.2) is 97.1 Å². The molecule has 10 nitrogen and oxygen atoms in total. The van der Waals surface area contributed by atoms with E-state index in [9.17, 15) is 24.3 Å². The number of aliphatic hydroxyl groups is 1. The maximum absolute atomic E-state index is 14.9. The molecule has 3 amide bonds. The van der Waals surface area contributed by atoms with E-state index in [0.717, 1.165) is 11.1 Å². The summed E-state index contributed by atoms with van der Waals surface area (Å²) < 4.78 is 12.5. The van der Waals surface area contributed by atoms with Crippen LogP contribution in [0.2, 0.25) is 23.7 Å². The number of carbonyl (C=O) groups excluding carboxylic acids is 3. The van der Waals surface area contributed by atoms with E-state index in [4.69, 9.17) is 21.1 Å². The molecule has 4 aromatic rings. The molecule has 1 spiro atoms. The first kappa shape index (κ1) is 35.9. The number of nitrogens with zero attached hydrogens (tertiary/aromatic N) is 3. The Balaban J connectivity index is 1.18. The highest BCUT2D eigenvalue weighted by atomic mass is 35.5. The summed E-state index contributed by atoms with van der Waals surface area (Å²) in [4.78, 5) is 58.3. The highest BCUT2D eigenvalue weighted by Crippen LogP contribution is 2.60. The summed E-state index contributed by atoms with van der Waals surface area (Å²) in [6.45, 7) is 5.97. The molecule has 3 aliphatic heterocycles. The standard InChI is InChI=1S/C40H42ClN3O7Si/c1-26-38(52(2,3)49)35(22-36(46)42(19-20-45)23-27-9-5-4-6-10-27)51-40(26)31-21-29(41)15-18-32(31)43(39(40)48)24-28-13-16-30(17-14-28)44-33-11-7-8-12-34(33)50-25-37(44)47/h4-18,21,26,35,38,45,49H,19-20,22-25H2,1-3H3/t26-,35+,38-,40+/m1/s1. The van der Waals surface area contributed by atoms with Crippen LogP contribution in [0.25, 0.3) is 0 Å². The van der Waals surface area contributed by atoms with Crippen LogP contribution in [0.4, 0.5) is 17.1 Å². The van der Waals surface area contributed by atoms with Crippen molar-refractivity contribution in [3.05, 3.63) is 119 Å².